The van der Waals surface area contributed by atoms with Crippen molar-refractivity contribution in [3.05, 3.63) is 100 Å². The van der Waals surface area contributed by atoms with E-state index in [1.807, 2.05) is 60.7 Å². The zero-order valence-corrected chi connectivity index (χ0v) is 17.6. The van der Waals surface area contributed by atoms with E-state index in [1.165, 1.54) is 4.68 Å². The van der Waals surface area contributed by atoms with Gasteiger partial charge in [-0.25, -0.2) is 4.68 Å². The molecule has 0 saturated carbocycles. The quantitative estimate of drug-likeness (QED) is 0.459. The summed E-state index contributed by atoms with van der Waals surface area (Å²) in [5, 5.41) is 7.62. The normalized spacial score (nSPS) is 11.1. The van der Waals surface area contributed by atoms with Gasteiger partial charge in [-0.3, -0.25) is 14.3 Å². The number of carbonyl (C=O) groups excluding carboxylic acids is 1. The van der Waals surface area contributed by atoms with Crippen molar-refractivity contribution in [3.8, 4) is 17.0 Å². The molecule has 0 atom stereocenters. The molecule has 3 aromatic carbocycles. The second kappa shape index (κ2) is 7.70. The SMILES string of the molecule is Cc1c(NC(=O)c2ccc3noc(-c4ccccc4)c3c2)c(=O)n(-c2ccccc2)n1C. The average molecular weight is 424 g/mol. The maximum Gasteiger partial charge on any atom is 0.295 e. The number of benzene rings is 3. The summed E-state index contributed by atoms with van der Waals surface area (Å²) in [6.07, 6.45) is 0. The molecule has 0 unspecified atom stereocenters. The first-order valence-corrected chi connectivity index (χ1v) is 10.1. The number of hydrogen-bond donors (Lipinski definition) is 1. The van der Waals surface area contributed by atoms with Gasteiger partial charge in [0.15, 0.2) is 5.76 Å². The van der Waals surface area contributed by atoms with Crippen molar-refractivity contribution in [2.24, 2.45) is 7.05 Å². The van der Waals surface area contributed by atoms with Crippen molar-refractivity contribution in [2.75, 3.05) is 5.32 Å². The Morgan fingerprint density at radius 3 is 2.38 bits per heavy atom. The first-order chi connectivity index (χ1) is 15.5. The third kappa shape index (κ3) is 3.20. The topological polar surface area (TPSA) is 82.1 Å². The van der Waals surface area contributed by atoms with Crippen LogP contribution >= 0.6 is 0 Å². The lowest BCUT2D eigenvalue weighted by atomic mass is 10.1. The Bertz CT molecular complexity index is 1500. The molecular formula is C25H20N4O3. The van der Waals surface area contributed by atoms with Crippen LogP contribution < -0.4 is 10.9 Å². The van der Waals surface area contributed by atoms with Gasteiger partial charge in [0.2, 0.25) is 0 Å². The van der Waals surface area contributed by atoms with Crippen molar-refractivity contribution in [2.45, 2.75) is 6.92 Å². The van der Waals surface area contributed by atoms with Gasteiger partial charge >= 0.3 is 0 Å². The first-order valence-electron chi connectivity index (χ1n) is 10.1. The highest BCUT2D eigenvalue weighted by Gasteiger charge is 2.20. The lowest BCUT2D eigenvalue weighted by molar-refractivity contribution is 0.102. The number of para-hydroxylation sites is 1. The molecule has 5 rings (SSSR count). The zero-order valence-electron chi connectivity index (χ0n) is 17.6. The monoisotopic (exact) mass is 424 g/mol. The van der Waals surface area contributed by atoms with Gasteiger partial charge in [0.05, 0.1) is 16.8 Å². The number of nitrogens with one attached hydrogen (secondary N) is 1. The molecular weight excluding hydrogens is 404 g/mol. The predicted molar refractivity (Wildman–Crippen MR) is 123 cm³/mol. The summed E-state index contributed by atoms with van der Waals surface area (Å²) < 4.78 is 8.78. The summed E-state index contributed by atoms with van der Waals surface area (Å²) in [6.45, 7) is 1.80. The third-order valence-corrected chi connectivity index (χ3v) is 5.57. The molecule has 0 aliphatic rings. The van der Waals surface area contributed by atoms with E-state index in [2.05, 4.69) is 10.5 Å². The van der Waals surface area contributed by atoms with Crippen LogP contribution in [0.25, 0.3) is 27.9 Å². The van der Waals surface area contributed by atoms with Gasteiger partial charge in [-0.1, -0.05) is 53.7 Å². The van der Waals surface area contributed by atoms with Gasteiger partial charge in [0, 0.05) is 18.2 Å². The summed E-state index contributed by atoms with van der Waals surface area (Å²) >= 11 is 0. The maximum atomic E-state index is 13.1. The number of nitrogens with zero attached hydrogens (tertiary/aromatic N) is 3. The summed E-state index contributed by atoms with van der Waals surface area (Å²) in [4.78, 5) is 26.2. The first kappa shape index (κ1) is 19.6. The molecule has 1 amide bonds. The lowest BCUT2D eigenvalue weighted by Crippen LogP contribution is -2.22. The standard InChI is InChI=1S/C25H20N4O3/c1-16-22(25(31)29(28(16)2)19-11-7-4-8-12-19)26-24(30)18-13-14-21-20(15-18)23(32-27-21)17-9-5-3-6-10-17/h3-15H,1-2H3,(H,26,30). The number of fused-ring (bicyclic) bond motifs is 1. The Balaban J connectivity index is 1.52. The second-order valence-corrected chi connectivity index (χ2v) is 7.50. The maximum absolute atomic E-state index is 13.1. The van der Waals surface area contributed by atoms with Gasteiger partial charge < -0.3 is 9.84 Å². The summed E-state index contributed by atoms with van der Waals surface area (Å²) in [5.41, 5.74) is 3.27. The minimum absolute atomic E-state index is 0.245. The fourth-order valence-corrected chi connectivity index (χ4v) is 3.78. The predicted octanol–water partition coefficient (Wildman–Crippen LogP) is 4.54. The van der Waals surface area contributed by atoms with Crippen LogP contribution in [0, 0.1) is 6.92 Å². The Hall–Kier alpha value is -4.39. The molecule has 7 heteroatoms. The highest BCUT2D eigenvalue weighted by molar-refractivity contribution is 6.07. The number of amides is 1. The average Bonchev–Trinajstić information content (AvgIpc) is 3.34. The van der Waals surface area contributed by atoms with Gasteiger partial charge in [0.25, 0.3) is 11.5 Å². The van der Waals surface area contributed by atoms with Crippen LogP contribution in [0.5, 0.6) is 0 Å². The Kier molecular flexibility index (Phi) is 4.71. The van der Waals surface area contributed by atoms with Crippen LogP contribution in [0.15, 0.2) is 88.2 Å². The second-order valence-electron chi connectivity index (χ2n) is 7.50. The number of anilines is 1. The Labute approximate surface area is 183 Å². The van der Waals surface area contributed by atoms with E-state index in [0.717, 1.165) is 16.6 Å². The molecule has 0 spiro atoms. The number of hydrogen-bond acceptors (Lipinski definition) is 4. The molecule has 5 aromatic rings. The fraction of sp³-hybridized carbons (Fsp3) is 0.0800. The van der Waals surface area contributed by atoms with Crippen molar-refractivity contribution in [3.63, 3.8) is 0 Å². The van der Waals surface area contributed by atoms with Crippen molar-refractivity contribution < 1.29 is 9.32 Å². The molecule has 2 heterocycles. The largest absolute Gasteiger partial charge is 0.355 e. The Morgan fingerprint density at radius 2 is 1.66 bits per heavy atom. The summed E-state index contributed by atoms with van der Waals surface area (Å²) in [5.74, 6) is 0.218. The molecule has 1 N–H and O–H groups in total. The molecule has 7 nitrogen and oxygen atoms in total. The number of rotatable bonds is 4. The lowest BCUT2D eigenvalue weighted by Gasteiger charge is -2.07. The van der Waals surface area contributed by atoms with E-state index in [4.69, 9.17) is 4.52 Å². The van der Waals surface area contributed by atoms with Crippen LogP contribution in [0.1, 0.15) is 16.1 Å². The molecule has 0 fully saturated rings. The van der Waals surface area contributed by atoms with Crippen LogP contribution in [0.2, 0.25) is 0 Å². The Morgan fingerprint density at radius 1 is 0.969 bits per heavy atom. The van der Waals surface area contributed by atoms with Crippen molar-refractivity contribution >= 4 is 22.5 Å². The molecule has 0 aliphatic heterocycles. The van der Waals surface area contributed by atoms with E-state index in [0.29, 0.717) is 22.5 Å². The van der Waals surface area contributed by atoms with E-state index in [1.54, 1.807) is 36.9 Å². The van der Waals surface area contributed by atoms with E-state index in [-0.39, 0.29) is 17.2 Å². The third-order valence-electron chi connectivity index (χ3n) is 5.57. The minimum Gasteiger partial charge on any atom is -0.355 e. The van der Waals surface area contributed by atoms with E-state index < -0.39 is 0 Å². The van der Waals surface area contributed by atoms with Gasteiger partial charge in [0.1, 0.15) is 11.2 Å². The highest BCUT2D eigenvalue weighted by Crippen LogP contribution is 2.29. The molecule has 158 valence electrons. The van der Waals surface area contributed by atoms with Gasteiger partial charge in [-0.05, 0) is 37.3 Å². The summed E-state index contributed by atoms with van der Waals surface area (Å²) in [6, 6.07) is 24.0. The molecule has 2 aromatic heterocycles. The van der Waals surface area contributed by atoms with Crippen LogP contribution in [0.4, 0.5) is 5.69 Å². The molecule has 0 bridgehead atoms. The summed E-state index contributed by atoms with van der Waals surface area (Å²) in [7, 11) is 1.79. The van der Waals surface area contributed by atoms with E-state index >= 15 is 0 Å². The van der Waals surface area contributed by atoms with E-state index in [9.17, 15) is 9.59 Å². The van der Waals surface area contributed by atoms with Crippen molar-refractivity contribution in [1.29, 1.82) is 0 Å². The van der Waals surface area contributed by atoms with Gasteiger partial charge in [-0.2, -0.15) is 0 Å². The van der Waals surface area contributed by atoms with Crippen LogP contribution in [0.3, 0.4) is 0 Å². The number of aromatic nitrogens is 3. The van der Waals surface area contributed by atoms with Crippen molar-refractivity contribution in [1.82, 2.24) is 14.5 Å². The fourth-order valence-electron chi connectivity index (χ4n) is 3.78. The molecule has 0 radical (unpaired) electrons. The number of carbonyl (C=O) groups is 1. The minimum atomic E-state index is -0.377. The molecule has 32 heavy (non-hydrogen) atoms. The smallest absolute Gasteiger partial charge is 0.295 e. The van der Waals surface area contributed by atoms with Crippen LogP contribution in [-0.2, 0) is 7.05 Å². The van der Waals surface area contributed by atoms with Gasteiger partial charge in [-0.15, -0.1) is 0 Å². The zero-order chi connectivity index (χ0) is 22.2. The molecule has 0 saturated heterocycles. The van der Waals surface area contributed by atoms with Crippen LogP contribution in [-0.4, -0.2) is 20.4 Å². The highest BCUT2D eigenvalue weighted by atomic mass is 16.5. The molecule has 0 aliphatic carbocycles.